The van der Waals surface area contributed by atoms with Crippen molar-refractivity contribution >= 4 is 43.5 Å². The van der Waals surface area contributed by atoms with Crippen LogP contribution in [-0.2, 0) is 16.6 Å². The maximum absolute atomic E-state index is 12.5. The zero-order chi connectivity index (χ0) is 15.0. The van der Waals surface area contributed by atoms with Gasteiger partial charge < -0.3 is 5.43 Å². The summed E-state index contributed by atoms with van der Waals surface area (Å²) in [6.07, 6.45) is 1.65. The van der Waals surface area contributed by atoms with Crippen LogP contribution < -0.4 is 16.0 Å². The van der Waals surface area contributed by atoms with E-state index in [1.807, 2.05) is 19.1 Å². The molecular weight excluding hydrogens is 330 g/mol. The Hall–Kier alpha value is -1.46. The quantitative estimate of drug-likeness (QED) is 0.482. The van der Waals surface area contributed by atoms with Gasteiger partial charge in [-0.05, 0) is 19.1 Å². The van der Waals surface area contributed by atoms with E-state index in [2.05, 4.69) is 15.1 Å². The molecule has 0 saturated heterocycles. The van der Waals surface area contributed by atoms with E-state index < -0.39 is 10.0 Å². The van der Waals surface area contributed by atoms with Gasteiger partial charge in [0, 0.05) is 27.9 Å². The van der Waals surface area contributed by atoms with Crippen LogP contribution in [0.3, 0.4) is 0 Å². The smallest absolute Gasteiger partial charge is 0.260 e. The van der Waals surface area contributed by atoms with Crippen LogP contribution in [0.25, 0.3) is 4.96 Å². The van der Waals surface area contributed by atoms with Crippen molar-refractivity contribution in [2.75, 3.05) is 5.43 Å². The SMILES string of the molecule is Cc1ccc(CNS(=O)(=O)c2c(NN)nc3sccn23)s1. The van der Waals surface area contributed by atoms with Gasteiger partial charge in [-0.25, -0.2) is 19.0 Å². The molecule has 7 nitrogen and oxygen atoms in total. The first kappa shape index (κ1) is 14.5. The van der Waals surface area contributed by atoms with Gasteiger partial charge in [0.2, 0.25) is 5.03 Å². The largest absolute Gasteiger partial charge is 0.306 e. The molecule has 0 aliphatic heterocycles. The van der Waals surface area contributed by atoms with Gasteiger partial charge in [-0.3, -0.25) is 4.40 Å². The number of aryl methyl sites for hydroxylation is 1. The van der Waals surface area contributed by atoms with E-state index in [1.165, 1.54) is 15.7 Å². The fourth-order valence-electron chi connectivity index (χ4n) is 1.93. The fourth-order valence-corrected chi connectivity index (χ4v) is 4.87. The predicted octanol–water partition coefficient (Wildman–Crippen LogP) is 1.53. The number of fused-ring (bicyclic) bond motifs is 1. The number of thiophene rings is 1. The lowest BCUT2D eigenvalue weighted by Crippen LogP contribution is -2.25. The lowest BCUT2D eigenvalue weighted by atomic mass is 10.4. The Morgan fingerprint density at radius 1 is 1.43 bits per heavy atom. The van der Waals surface area contributed by atoms with Crippen molar-refractivity contribution in [3.63, 3.8) is 0 Å². The molecule has 0 bridgehead atoms. The first-order chi connectivity index (χ1) is 10.0. The van der Waals surface area contributed by atoms with Crippen LogP contribution in [0.5, 0.6) is 0 Å². The average molecular weight is 343 g/mol. The van der Waals surface area contributed by atoms with E-state index in [-0.39, 0.29) is 17.4 Å². The number of hydrogen-bond donors (Lipinski definition) is 3. The summed E-state index contributed by atoms with van der Waals surface area (Å²) in [5.41, 5.74) is 2.34. The van der Waals surface area contributed by atoms with Gasteiger partial charge in [0.05, 0.1) is 0 Å². The second-order valence-corrected chi connectivity index (χ2v) is 8.23. The van der Waals surface area contributed by atoms with Gasteiger partial charge in [-0.15, -0.1) is 22.7 Å². The number of rotatable bonds is 5. The lowest BCUT2D eigenvalue weighted by Gasteiger charge is -2.06. The summed E-state index contributed by atoms with van der Waals surface area (Å²) in [4.78, 5) is 6.80. The summed E-state index contributed by atoms with van der Waals surface area (Å²) >= 11 is 2.89. The van der Waals surface area contributed by atoms with Crippen molar-refractivity contribution in [3.8, 4) is 0 Å². The van der Waals surface area contributed by atoms with Crippen molar-refractivity contribution in [1.82, 2.24) is 14.1 Å². The predicted molar refractivity (Wildman–Crippen MR) is 84.0 cm³/mol. The first-order valence-electron chi connectivity index (χ1n) is 5.98. The van der Waals surface area contributed by atoms with E-state index in [0.717, 1.165) is 9.75 Å². The molecule has 3 aromatic rings. The lowest BCUT2D eigenvalue weighted by molar-refractivity contribution is 0.577. The van der Waals surface area contributed by atoms with Gasteiger partial charge >= 0.3 is 0 Å². The van der Waals surface area contributed by atoms with Crippen LogP contribution in [0.15, 0.2) is 28.7 Å². The van der Waals surface area contributed by atoms with Crippen molar-refractivity contribution in [3.05, 3.63) is 33.5 Å². The minimum Gasteiger partial charge on any atom is -0.306 e. The van der Waals surface area contributed by atoms with Crippen LogP contribution in [-0.4, -0.2) is 17.8 Å². The maximum atomic E-state index is 12.5. The highest BCUT2D eigenvalue weighted by molar-refractivity contribution is 7.89. The molecule has 0 amide bonds. The minimum absolute atomic E-state index is 0.0227. The molecule has 0 saturated carbocycles. The summed E-state index contributed by atoms with van der Waals surface area (Å²) in [5, 5.41) is 1.79. The molecule has 0 aliphatic carbocycles. The van der Waals surface area contributed by atoms with Crippen LogP contribution >= 0.6 is 22.7 Å². The number of aromatic nitrogens is 2. The zero-order valence-corrected chi connectivity index (χ0v) is 13.5. The number of nitrogens with zero attached hydrogens (tertiary/aromatic N) is 2. The summed E-state index contributed by atoms with van der Waals surface area (Å²) in [6.45, 7) is 2.22. The van der Waals surface area contributed by atoms with Crippen LogP contribution in [0, 0.1) is 6.92 Å². The molecule has 0 radical (unpaired) electrons. The van der Waals surface area contributed by atoms with E-state index >= 15 is 0 Å². The van der Waals surface area contributed by atoms with Crippen LogP contribution in [0.1, 0.15) is 9.75 Å². The topological polar surface area (TPSA) is 102 Å². The number of imidazole rings is 1. The second kappa shape index (κ2) is 5.39. The molecule has 0 fully saturated rings. The fraction of sp³-hybridized carbons (Fsp3) is 0.182. The molecule has 21 heavy (non-hydrogen) atoms. The van der Waals surface area contributed by atoms with Gasteiger partial charge in [-0.1, -0.05) is 0 Å². The Morgan fingerprint density at radius 3 is 2.90 bits per heavy atom. The molecule has 112 valence electrons. The Morgan fingerprint density at radius 2 is 2.24 bits per heavy atom. The molecule has 3 rings (SSSR count). The highest BCUT2D eigenvalue weighted by atomic mass is 32.2. The number of nitrogens with one attached hydrogen (secondary N) is 2. The third-order valence-corrected chi connectivity index (χ3v) is 6.02. The number of nitrogens with two attached hydrogens (primary N) is 1. The van der Waals surface area contributed by atoms with Gasteiger partial charge in [0.1, 0.15) is 0 Å². The minimum atomic E-state index is -3.72. The van der Waals surface area contributed by atoms with Crippen LogP contribution in [0.2, 0.25) is 0 Å². The number of hydrazine groups is 1. The van der Waals surface area contributed by atoms with Crippen molar-refractivity contribution < 1.29 is 8.42 Å². The van der Waals surface area contributed by atoms with Gasteiger partial charge in [-0.2, -0.15) is 4.98 Å². The second-order valence-electron chi connectivity index (χ2n) is 4.30. The number of anilines is 1. The van der Waals surface area contributed by atoms with Gasteiger partial charge in [0.25, 0.3) is 10.0 Å². The Balaban J connectivity index is 1.94. The summed E-state index contributed by atoms with van der Waals surface area (Å²) in [6, 6.07) is 3.86. The highest BCUT2D eigenvalue weighted by Gasteiger charge is 2.25. The number of thiazole rings is 1. The third-order valence-electron chi connectivity index (χ3n) is 2.84. The normalized spacial score (nSPS) is 12.1. The summed E-state index contributed by atoms with van der Waals surface area (Å²) < 4.78 is 29.1. The Labute approximate surface area is 129 Å². The monoisotopic (exact) mass is 343 g/mol. The van der Waals surface area contributed by atoms with E-state index in [0.29, 0.717) is 4.96 Å². The molecule has 3 heterocycles. The van der Waals surface area contributed by atoms with Crippen molar-refractivity contribution in [1.29, 1.82) is 0 Å². The standard InChI is InChI=1S/C11H13N5O2S3/c1-7-2-3-8(20-7)6-13-21(17,18)10-9(15-12)14-11-16(10)4-5-19-11/h2-5,13,15H,6,12H2,1H3. The maximum Gasteiger partial charge on any atom is 0.260 e. The molecule has 10 heteroatoms. The Kier molecular flexibility index (Phi) is 3.71. The molecule has 0 spiro atoms. The van der Waals surface area contributed by atoms with Crippen molar-refractivity contribution in [2.24, 2.45) is 5.84 Å². The molecular formula is C11H13N5O2S3. The zero-order valence-electron chi connectivity index (χ0n) is 11.0. The summed E-state index contributed by atoms with van der Waals surface area (Å²) in [7, 11) is -3.72. The molecule has 0 atom stereocenters. The van der Waals surface area contributed by atoms with Crippen molar-refractivity contribution in [2.45, 2.75) is 18.5 Å². The number of sulfonamides is 1. The van der Waals surface area contributed by atoms with E-state index in [9.17, 15) is 8.42 Å². The highest BCUT2D eigenvalue weighted by Crippen LogP contribution is 2.25. The molecule has 0 aromatic carbocycles. The molecule has 3 aromatic heterocycles. The van der Waals surface area contributed by atoms with E-state index in [4.69, 9.17) is 5.84 Å². The Bertz CT molecular complexity index is 877. The van der Waals surface area contributed by atoms with E-state index in [1.54, 1.807) is 22.9 Å². The average Bonchev–Trinajstić information content (AvgIpc) is 3.10. The van der Waals surface area contributed by atoms with Crippen LogP contribution in [0.4, 0.5) is 5.82 Å². The number of nitrogen functional groups attached to an aromatic ring is 1. The molecule has 4 N–H and O–H groups in total. The first-order valence-corrected chi connectivity index (χ1v) is 9.16. The number of hydrogen-bond acceptors (Lipinski definition) is 7. The third kappa shape index (κ3) is 2.68. The van der Waals surface area contributed by atoms with Gasteiger partial charge in [0.15, 0.2) is 10.8 Å². The molecule has 0 aliphatic rings. The summed E-state index contributed by atoms with van der Waals surface area (Å²) in [5.74, 6) is 5.51. The molecule has 0 unspecified atom stereocenters.